The number of fused-ring (bicyclic) bond motifs is 3. The van der Waals surface area contributed by atoms with Crippen LogP contribution in [0.15, 0.2) is 41.0 Å². The Hall–Kier alpha value is -1.74. The maximum atomic E-state index is 5.45. The van der Waals surface area contributed by atoms with Crippen LogP contribution in [0.5, 0.6) is 5.75 Å². The van der Waals surface area contributed by atoms with E-state index in [1.165, 1.54) is 31.5 Å². The summed E-state index contributed by atoms with van der Waals surface area (Å²) in [6, 6.07) is 10.7. The SMILES string of the molecule is COc1ccc2c(c1)CCC1CN(CCc3ccco3)CC21. The number of benzene rings is 1. The molecular weight excluding hydrogens is 274 g/mol. The molecule has 2 heterocycles. The lowest BCUT2D eigenvalue weighted by Crippen LogP contribution is -2.23. The Labute approximate surface area is 131 Å². The number of rotatable bonds is 4. The van der Waals surface area contributed by atoms with Gasteiger partial charge < -0.3 is 14.1 Å². The van der Waals surface area contributed by atoms with Gasteiger partial charge in [-0.05, 0) is 54.2 Å². The van der Waals surface area contributed by atoms with Crippen LogP contribution in [0.1, 0.15) is 29.2 Å². The van der Waals surface area contributed by atoms with Gasteiger partial charge in [0.25, 0.3) is 0 Å². The van der Waals surface area contributed by atoms with E-state index in [0.29, 0.717) is 5.92 Å². The number of ether oxygens (including phenoxy) is 1. The van der Waals surface area contributed by atoms with E-state index in [9.17, 15) is 0 Å². The topological polar surface area (TPSA) is 25.6 Å². The minimum Gasteiger partial charge on any atom is -0.497 e. The van der Waals surface area contributed by atoms with E-state index < -0.39 is 0 Å². The van der Waals surface area contributed by atoms with Crippen LogP contribution >= 0.6 is 0 Å². The van der Waals surface area contributed by atoms with Gasteiger partial charge in [0.15, 0.2) is 0 Å². The van der Waals surface area contributed by atoms with E-state index in [1.807, 2.05) is 6.07 Å². The standard InChI is InChI=1S/C19H23NO2/c1-21-17-6-7-18-14(11-17)4-5-15-12-20(13-19(15)18)9-8-16-3-2-10-22-16/h2-3,6-7,10-11,15,19H,4-5,8-9,12-13H2,1H3. The molecule has 1 aliphatic carbocycles. The van der Waals surface area contributed by atoms with Gasteiger partial charge in [0, 0.05) is 32.0 Å². The van der Waals surface area contributed by atoms with Crippen molar-refractivity contribution in [1.82, 2.24) is 4.90 Å². The highest BCUT2D eigenvalue weighted by atomic mass is 16.5. The zero-order valence-corrected chi connectivity index (χ0v) is 13.1. The van der Waals surface area contributed by atoms with Crippen LogP contribution in [-0.4, -0.2) is 31.6 Å². The van der Waals surface area contributed by atoms with Gasteiger partial charge in [-0.25, -0.2) is 0 Å². The van der Waals surface area contributed by atoms with Crippen molar-refractivity contribution in [2.45, 2.75) is 25.2 Å². The summed E-state index contributed by atoms with van der Waals surface area (Å²) in [6.45, 7) is 3.52. The Morgan fingerprint density at radius 1 is 1.27 bits per heavy atom. The zero-order valence-electron chi connectivity index (χ0n) is 13.1. The van der Waals surface area contributed by atoms with Crippen molar-refractivity contribution in [2.24, 2.45) is 5.92 Å². The monoisotopic (exact) mass is 297 g/mol. The predicted octanol–water partition coefficient (Wildman–Crippen LogP) is 3.49. The van der Waals surface area contributed by atoms with Crippen molar-refractivity contribution in [2.75, 3.05) is 26.7 Å². The summed E-state index contributed by atoms with van der Waals surface area (Å²) in [7, 11) is 1.75. The molecule has 1 aromatic carbocycles. The van der Waals surface area contributed by atoms with Crippen LogP contribution in [0.25, 0.3) is 0 Å². The Morgan fingerprint density at radius 3 is 3.05 bits per heavy atom. The summed E-state index contributed by atoms with van der Waals surface area (Å²) in [5.41, 5.74) is 3.05. The highest BCUT2D eigenvalue weighted by molar-refractivity contribution is 5.40. The fraction of sp³-hybridized carbons (Fsp3) is 0.474. The highest BCUT2D eigenvalue weighted by Gasteiger charge is 2.37. The molecule has 0 N–H and O–H groups in total. The smallest absolute Gasteiger partial charge is 0.119 e. The summed E-state index contributed by atoms with van der Waals surface area (Å²) in [4.78, 5) is 2.61. The van der Waals surface area contributed by atoms with Crippen molar-refractivity contribution < 1.29 is 9.15 Å². The molecule has 0 bridgehead atoms. The lowest BCUT2D eigenvalue weighted by atomic mass is 9.77. The predicted molar refractivity (Wildman–Crippen MR) is 86.4 cm³/mol. The van der Waals surface area contributed by atoms with E-state index in [1.54, 1.807) is 18.9 Å². The Kier molecular flexibility index (Phi) is 3.67. The van der Waals surface area contributed by atoms with Gasteiger partial charge in [0.2, 0.25) is 0 Å². The molecule has 1 fully saturated rings. The molecular formula is C19H23NO2. The first kappa shape index (κ1) is 13.9. The van der Waals surface area contributed by atoms with Crippen molar-refractivity contribution in [3.8, 4) is 5.75 Å². The minimum absolute atomic E-state index is 0.700. The molecule has 1 saturated heterocycles. The molecule has 0 spiro atoms. The quantitative estimate of drug-likeness (QED) is 0.864. The second-order valence-electron chi connectivity index (χ2n) is 6.56. The molecule has 3 nitrogen and oxygen atoms in total. The van der Waals surface area contributed by atoms with Crippen LogP contribution in [0.4, 0.5) is 0 Å². The summed E-state index contributed by atoms with van der Waals surface area (Å²) in [5, 5.41) is 0. The first-order chi connectivity index (χ1) is 10.8. The third-order valence-electron chi connectivity index (χ3n) is 5.31. The van der Waals surface area contributed by atoms with Gasteiger partial charge in [-0.2, -0.15) is 0 Å². The molecule has 4 rings (SSSR count). The van der Waals surface area contributed by atoms with E-state index in [-0.39, 0.29) is 0 Å². The molecule has 2 atom stereocenters. The lowest BCUT2D eigenvalue weighted by Gasteiger charge is -2.27. The third-order valence-corrected chi connectivity index (χ3v) is 5.31. The van der Waals surface area contributed by atoms with Gasteiger partial charge >= 0.3 is 0 Å². The minimum atomic E-state index is 0.700. The van der Waals surface area contributed by atoms with Crippen LogP contribution < -0.4 is 4.74 Å². The van der Waals surface area contributed by atoms with Crippen molar-refractivity contribution >= 4 is 0 Å². The second kappa shape index (κ2) is 5.81. The van der Waals surface area contributed by atoms with Crippen LogP contribution in [0.3, 0.4) is 0 Å². The molecule has 0 amide bonds. The van der Waals surface area contributed by atoms with Gasteiger partial charge in [-0.3, -0.25) is 0 Å². The summed E-state index contributed by atoms with van der Waals surface area (Å²) >= 11 is 0. The maximum absolute atomic E-state index is 5.45. The third kappa shape index (κ3) is 2.54. The van der Waals surface area contributed by atoms with E-state index in [4.69, 9.17) is 9.15 Å². The fourth-order valence-corrected chi connectivity index (χ4v) is 4.14. The highest BCUT2D eigenvalue weighted by Crippen LogP contribution is 2.42. The van der Waals surface area contributed by atoms with Crippen molar-refractivity contribution in [3.05, 3.63) is 53.5 Å². The fourth-order valence-electron chi connectivity index (χ4n) is 4.14. The Bertz CT molecular complexity index is 635. The Morgan fingerprint density at radius 2 is 2.23 bits per heavy atom. The van der Waals surface area contributed by atoms with E-state index in [2.05, 4.69) is 29.2 Å². The molecule has 2 aromatic rings. The molecule has 116 valence electrons. The summed E-state index contributed by atoms with van der Waals surface area (Å²) < 4.78 is 10.8. The summed E-state index contributed by atoms with van der Waals surface area (Å²) in [5.74, 6) is 3.61. The number of furan rings is 1. The van der Waals surface area contributed by atoms with Gasteiger partial charge in [0.1, 0.15) is 11.5 Å². The molecule has 2 unspecified atom stereocenters. The van der Waals surface area contributed by atoms with E-state index >= 15 is 0 Å². The average molecular weight is 297 g/mol. The number of aryl methyl sites for hydroxylation is 1. The maximum Gasteiger partial charge on any atom is 0.119 e. The largest absolute Gasteiger partial charge is 0.497 e. The summed E-state index contributed by atoms with van der Waals surface area (Å²) in [6.07, 6.45) is 5.28. The molecule has 0 radical (unpaired) electrons. The molecule has 0 saturated carbocycles. The average Bonchev–Trinajstić information content (AvgIpc) is 3.21. The molecule has 1 aliphatic heterocycles. The van der Waals surface area contributed by atoms with Crippen LogP contribution in [0, 0.1) is 5.92 Å². The van der Waals surface area contributed by atoms with Crippen molar-refractivity contribution in [3.63, 3.8) is 0 Å². The van der Waals surface area contributed by atoms with Gasteiger partial charge in [-0.1, -0.05) is 6.07 Å². The van der Waals surface area contributed by atoms with Gasteiger partial charge in [-0.15, -0.1) is 0 Å². The first-order valence-corrected chi connectivity index (χ1v) is 8.25. The number of hydrogen-bond donors (Lipinski definition) is 0. The van der Waals surface area contributed by atoms with Crippen LogP contribution in [0.2, 0.25) is 0 Å². The zero-order chi connectivity index (χ0) is 14.9. The normalized spacial score (nSPS) is 24.0. The second-order valence-corrected chi connectivity index (χ2v) is 6.56. The number of methoxy groups -OCH3 is 1. The number of likely N-dealkylation sites (tertiary alicyclic amines) is 1. The lowest BCUT2D eigenvalue weighted by molar-refractivity contribution is 0.315. The molecule has 22 heavy (non-hydrogen) atoms. The first-order valence-electron chi connectivity index (χ1n) is 8.25. The van der Waals surface area contributed by atoms with Crippen LogP contribution in [-0.2, 0) is 12.8 Å². The van der Waals surface area contributed by atoms with Crippen molar-refractivity contribution in [1.29, 1.82) is 0 Å². The number of nitrogens with zero attached hydrogens (tertiary/aromatic N) is 1. The number of hydrogen-bond acceptors (Lipinski definition) is 3. The van der Waals surface area contributed by atoms with Gasteiger partial charge in [0.05, 0.1) is 13.4 Å². The molecule has 3 heteroatoms. The van der Waals surface area contributed by atoms with E-state index in [0.717, 1.165) is 30.4 Å². The molecule has 1 aromatic heterocycles. The molecule has 2 aliphatic rings. The Balaban J connectivity index is 1.46.